The lowest BCUT2D eigenvalue weighted by atomic mass is 9.72. The van der Waals surface area contributed by atoms with E-state index < -0.39 is 47.6 Å². The Morgan fingerprint density at radius 1 is 1.14 bits per heavy atom. The van der Waals surface area contributed by atoms with E-state index in [0.717, 1.165) is 22.4 Å². The first-order valence-corrected chi connectivity index (χ1v) is 15.0. The first-order chi connectivity index (χ1) is 21.0. The summed E-state index contributed by atoms with van der Waals surface area (Å²) in [6.07, 6.45) is -1.10. The Kier molecular flexibility index (Phi) is 7.61. The quantitative estimate of drug-likeness (QED) is 0.311. The Labute approximate surface area is 255 Å². The van der Waals surface area contributed by atoms with Gasteiger partial charge in [0.1, 0.15) is 29.7 Å². The monoisotopic (exact) mass is 602 g/mol. The van der Waals surface area contributed by atoms with Crippen LogP contribution < -0.4 is 20.7 Å². The molecule has 4 N–H and O–H groups in total. The Morgan fingerprint density at radius 2 is 1.91 bits per heavy atom. The molecule has 0 fully saturated rings. The van der Waals surface area contributed by atoms with E-state index in [1.165, 1.54) is 7.11 Å². The second-order valence-corrected chi connectivity index (χ2v) is 12.6. The van der Waals surface area contributed by atoms with Crippen LogP contribution in [0.1, 0.15) is 79.0 Å². The van der Waals surface area contributed by atoms with Gasteiger partial charge in [-0.15, -0.1) is 0 Å². The molecule has 3 aromatic rings. The maximum atomic E-state index is 13.9. The van der Waals surface area contributed by atoms with Crippen LogP contribution in [0.4, 0.5) is 5.69 Å². The third-order valence-electron chi connectivity index (χ3n) is 8.74. The van der Waals surface area contributed by atoms with Crippen LogP contribution in [0.3, 0.4) is 0 Å². The first-order valence-electron chi connectivity index (χ1n) is 15.0. The number of aliphatic hydroxyl groups is 1. The molecule has 0 radical (unpaired) electrons. The summed E-state index contributed by atoms with van der Waals surface area (Å²) in [5.41, 5.74) is 2.76. The van der Waals surface area contributed by atoms with Crippen LogP contribution in [0.5, 0.6) is 5.75 Å². The number of oxazole rings is 1. The Bertz CT molecular complexity index is 1620. The number of carbonyl (C=O) groups excluding carboxylic acids is 3. The zero-order chi connectivity index (χ0) is 31.3. The predicted octanol–water partition coefficient (Wildman–Crippen LogP) is 3.40. The molecular weight excluding hydrogens is 564 g/mol. The highest BCUT2D eigenvalue weighted by Gasteiger charge is 2.57. The molecule has 0 aliphatic carbocycles. The molecule has 44 heavy (non-hydrogen) atoms. The van der Waals surface area contributed by atoms with E-state index in [4.69, 9.17) is 13.9 Å². The van der Waals surface area contributed by atoms with E-state index in [1.807, 2.05) is 70.2 Å². The van der Waals surface area contributed by atoms with E-state index in [2.05, 4.69) is 20.9 Å². The van der Waals surface area contributed by atoms with Gasteiger partial charge in [-0.3, -0.25) is 9.59 Å². The van der Waals surface area contributed by atoms with Gasteiger partial charge in [-0.2, -0.15) is 0 Å². The first kappa shape index (κ1) is 29.7. The summed E-state index contributed by atoms with van der Waals surface area (Å²) in [6.45, 7) is 7.62. The second kappa shape index (κ2) is 11.3. The zero-order valence-electron chi connectivity index (χ0n) is 25.5. The fourth-order valence-electron chi connectivity index (χ4n) is 6.55. The molecule has 3 aliphatic heterocycles. The van der Waals surface area contributed by atoms with Crippen molar-refractivity contribution in [1.29, 1.82) is 0 Å². The number of rotatable bonds is 6. The third-order valence-corrected chi connectivity index (χ3v) is 8.74. The Balaban J connectivity index is 1.53. The van der Waals surface area contributed by atoms with Gasteiger partial charge in [-0.25, -0.2) is 9.78 Å². The largest absolute Gasteiger partial charge is 0.469 e. The molecule has 2 aromatic carbocycles. The highest BCUT2D eigenvalue weighted by atomic mass is 16.5. The Morgan fingerprint density at radius 3 is 2.64 bits per heavy atom. The van der Waals surface area contributed by atoms with Gasteiger partial charge in [0.2, 0.25) is 17.7 Å². The fraction of sp³-hybridized carbons (Fsp3) is 0.455. The van der Waals surface area contributed by atoms with Gasteiger partial charge < -0.3 is 34.9 Å². The van der Waals surface area contributed by atoms with Crippen LogP contribution in [0, 0.1) is 11.8 Å². The Hall–Kier alpha value is -4.38. The molecule has 11 heteroatoms. The minimum absolute atomic E-state index is 0.0308. The minimum Gasteiger partial charge on any atom is -0.469 e. The minimum atomic E-state index is -1.26. The number of carbonyl (C=O) groups is 3. The fourth-order valence-corrected chi connectivity index (χ4v) is 6.55. The molecule has 6 rings (SSSR count). The normalized spacial score (nSPS) is 24.1. The number of amides is 2. The van der Waals surface area contributed by atoms with Crippen LogP contribution >= 0.6 is 0 Å². The number of methoxy groups -OCH3 is 1. The summed E-state index contributed by atoms with van der Waals surface area (Å²) in [6, 6.07) is 11.9. The van der Waals surface area contributed by atoms with Crippen LogP contribution in [-0.4, -0.2) is 53.4 Å². The molecule has 2 unspecified atom stereocenters. The molecule has 232 valence electrons. The number of fused-ring (bicyclic) bond motifs is 4. The van der Waals surface area contributed by atoms with Crippen LogP contribution in [-0.2, 0) is 32.6 Å². The molecule has 11 nitrogen and oxygen atoms in total. The number of nitrogens with zero attached hydrogens (tertiary/aromatic N) is 1. The van der Waals surface area contributed by atoms with Gasteiger partial charge in [0.05, 0.1) is 12.5 Å². The molecule has 4 bridgehead atoms. The molecule has 1 aromatic heterocycles. The number of esters is 1. The number of hydrogen-bond donors (Lipinski definition) is 4. The van der Waals surface area contributed by atoms with E-state index >= 15 is 0 Å². The van der Waals surface area contributed by atoms with Crippen LogP contribution in [0.2, 0.25) is 0 Å². The number of aromatic nitrogens is 1. The SMILES string of the molecule is COC(=O)c1nc2oc1CC13c4ccccc4NC1Oc1ccc(cc13)C[C@H](NC(=O)[C@@H](O)CC(C)C)C(=O)N[C@H]2C(C)C. The smallest absolute Gasteiger partial charge is 0.360 e. The summed E-state index contributed by atoms with van der Waals surface area (Å²) in [7, 11) is 1.29. The summed E-state index contributed by atoms with van der Waals surface area (Å²) < 4.78 is 17.9. The molecule has 0 saturated heterocycles. The third kappa shape index (κ3) is 4.98. The number of benzene rings is 2. The molecule has 5 atom stereocenters. The number of hydrogen-bond acceptors (Lipinski definition) is 9. The topological polar surface area (TPSA) is 152 Å². The maximum absolute atomic E-state index is 13.9. The summed E-state index contributed by atoms with van der Waals surface area (Å²) in [5, 5.41) is 19.8. The van der Waals surface area contributed by atoms with Gasteiger partial charge >= 0.3 is 5.97 Å². The molecule has 4 heterocycles. The van der Waals surface area contributed by atoms with Crippen LogP contribution in [0.15, 0.2) is 46.9 Å². The lowest BCUT2D eigenvalue weighted by Gasteiger charge is -2.28. The predicted molar refractivity (Wildman–Crippen MR) is 160 cm³/mol. The molecule has 3 aliphatic rings. The lowest BCUT2D eigenvalue weighted by molar-refractivity contribution is -0.135. The summed E-state index contributed by atoms with van der Waals surface area (Å²) in [5.74, 6) is -0.708. The van der Waals surface area contributed by atoms with Gasteiger partial charge in [-0.05, 0) is 41.5 Å². The number of nitrogens with one attached hydrogen (secondary N) is 3. The molecule has 0 saturated carbocycles. The van der Waals surface area contributed by atoms with Gasteiger partial charge in [0.25, 0.3) is 0 Å². The van der Waals surface area contributed by atoms with Crippen molar-refractivity contribution in [3.8, 4) is 5.75 Å². The van der Waals surface area contributed by atoms with Crippen molar-refractivity contribution in [1.82, 2.24) is 15.6 Å². The number of aliphatic hydroxyl groups excluding tert-OH is 1. The van der Waals surface area contributed by atoms with Crippen LogP contribution in [0.25, 0.3) is 0 Å². The highest BCUT2D eigenvalue weighted by Crippen LogP contribution is 2.55. The average molecular weight is 603 g/mol. The molecule has 2 amide bonds. The summed E-state index contributed by atoms with van der Waals surface area (Å²) in [4.78, 5) is 44.6. The number of para-hydroxylation sites is 1. The standard InChI is InChI=1S/C33H38N4O7/c1-16(2)12-23(38)29(40)34-22-14-18-10-11-24-20(13-18)33(19-8-6-7-9-21(19)35-32(33)44-24)15-25-27(31(41)42-5)37-30(43-25)26(17(3)4)36-28(22)39/h6-11,13,16-17,22-23,26,32,35,38H,12,14-15H2,1-5H3,(H,34,40)(H,36,39)/t22-,23-,26-,32?,33?/m0/s1. The highest BCUT2D eigenvalue weighted by molar-refractivity contribution is 5.90. The van der Waals surface area contributed by atoms with E-state index in [9.17, 15) is 19.5 Å². The zero-order valence-corrected chi connectivity index (χ0v) is 25.5. The van der Waals surface area contributed by atoms with E-state index in [1.54, 1.807) is 0 Å². The van der Waals surface area contributed by atoms with Gasteiger partial charge in [0.15, 0.2) is 11.9 Å². The lowest BCUT2D eigenvalue weighted by Crippen LogP contribution is -2.52. The maximum Gasteiger partial charge on any atom is 0.360 e. The number of ether oxygens (including phenoxy) is 2. The van der Waals surface area contributed by atoms with E-state index in [0.29, 0.717) is 11.5 Å². The van der Waals surface area contributed by atoms with Crippen molar-refractivity contribution in [2.75, 3.05) is 12.4 Å². The average Bonchev–Trinajstić information content (AvgIpc) is 3.63. The van der Waals surface area contributed by atoms with Gasteiger partial charge in [0, 0.05) is 24.1 Å². The van der Waals surface area contributed by atoms with Crippen molar-refractivity contribution in [2.24, 2.45) is 11.8 Å². The van der Waals surface area contributed by atoms with E-state index in [-0.39, 0.29) is 42.7 Å². The number of anilines is 1. The van der Waals surface area contributed by atoms with Crippen molar-refractivity contribution < 1.29 is 33.4 Å². The van der Waals surface area contributed by atoms with Crippen molar-refractivity contribution in [3.63, 3.8) is 0 Å². The second-order valence-electron chi connectivity index (χ2n) is 12.6. The van der Waals surface area contributed by atoms with Crippen molar-refractivity contribution in [2.45, 2.75) is 76.8 Å². The molecule has 1 spiro atoms. The van der Waals surface area contributed by atoms with Crippen molar-refractivity contribution >= 4 is 23.5 Å². The molecular formula is C33H38N4O7. The van der Waals surface area contributed by atoms with Gasteiger partial charge in [-0.1, -0.05) is 58.0 Å². The summed E-state index contributed by atoms with van der Waals surface area (Å²) >= 11 is 0. The van der Waals surface area contributed by atoms with Crippen molar-refractivity contribution in [3.05, 3.63) is 76.5 Å².